The van der Waals surface area contributed by atoms with E-state index in [0.717, 1.165) is 17.9 Å². The van der Waals surface area contributed by atoms with Crippen LogP contribution in [0.4, 0.5) is 5.69 Å². The van der Waals surface area contributed by atoms with Crippen molar-refractivity contribution in [3.63, 3.8) is 0 Å². The first-order valence-corrected chi connectivity index (χ1v) is 8.86. The topological polar surface area (TPSA) is 33.5 Å². The first-order valence-electron chi connectivity index (χ1n) is 7.72. The molecular weight excluding hydrogens is 367 g/mol. The number of benzene rings is 2. The van der Waals surface area contributed by atoms with Crippen molar-refractivity contribution in [3.05, 3.63) is 62.6 Å². The average Bonchev–Trinajstić information content (AvgIpc) is 2.51. The van der Waals surface area contributed by atoms with Gasteiger partial charge in [0.05, 0.1) is 22.8 Å². The molecule has 0 heterocycles. The van der Waals surface area contributed by atoms with E-state index in [1.54, 1.807) is 12.1 Å². The molecule has 0 saturated carbocycles. The summed E-state index contributed by atoms with van der Waals surface area (Å²) < 4.78 is 0. The third-order valence-electron chi connectivity index (χ3n) is 3.67. The number of carbonyl (C=O) groups is 1. The van der Waals surface area contributed by atoms with Gasteiger partial charge >= 0.3 is 0 Å². The van der Waals surface area contributed by atoms with E-state index in [1.807, 2.05) is 7.05 Å². The van der Waals surface area contributed by atoms with E-state index < -0.39 is 0 Å². The number of likely N-dealkylation sites (N-methyl/N-ethyl adjacent to an activating group) is 1. The molecule has 1 unspecified atom stereocenters. The van der Waals surface area contributed by atoms with Gasteiger partial charge in [0.15, 0.2) is 6.54 Å². The number of anilines is 1. The zero-order valence-corrected chi connectivity index (χ0v) is 15.9. The maximum Gasteiger partial charge on any atom is 0.279 e. The maximum atomic E-state index is 12.2. The minimum atomic E-state index is -0.149. The third-order valence-corrected chi connectivity index (χ3v) is 4.49. The van der Waals surface area contributed by atoms with Crippen LogP contribution in [0.5, 0.6) is 0 Å². The lowest BCUT2D eigenvalue weighted by Crippen LogP contribution is -3.08. The van der Waals surface area contributed by atoms with Gasteiger partial charge in [-0.2, -0.15) is 0 Å². The number of halogens is 3. The molecule has 0 aliphatic rings. The molecule has 0 saturated heterocycles. The monoisotopic (exact) mass is 385 g/mol. The number of carbonyl (C=O) groups excluding carboxylic acids is 1. The van der Waals surface area contributed by atoms with Crippen LogP contribution in [0.3, 0.4) is 0 Å². The number of quaternary nitrogens is 1. The third kappa shape index (κ3) is 5.38. The van der Waals surface area contributed by atoms with Crippen molar-refractivity contribution >= 4 is 46.4 Å². The highest BCUT2D eigenvalue weighted by atomic mass is 35.5. The number of nitrogens with one attached hydrogen (secondary N) is 2. The van der Waals surface area contributed by atoms with Crippen LogP contribution in [0.15, 0.2) is 36.4 Å². The zero-order chi connectivity index (χ0) is 17.7. The lowest BCUT2D eigenvalue weighted by molar-refractivity contribution is -0.885. The van der Waals surface area contributed by atoms with E-state index in [-0.39, 0.29) is 5.91 Å². The molecular formula is C18H20Cl3N2O+. The Bertz CT molecular complexity index is 694. The van der Waals surface area contributed by atoms with Crippen LogP contribution in [0.1, 0.15) is 18.1 Å². The van der Waals surface area contributed by atoms with E-state index >= 15 is 0 Å². The molecule has 0 aliphatic heterocycles. The van der Waals surface area contributed by atoms with E-state index in [9.17, 15) is 4.79 Å². The molecule has 0 radical (unpaired) electrons. The summed E-state index contributed by atoms with van der Waals surface area (Å²) in [5.74, 6) is -0.149. The standard InChI is InChI=1S/C18H19Cl3N2O/c1-3-12-4-6-13(7-5-12)10-23(2)11-17(24)22-18-15(20)8-14(19)9-16(18)21/h4-9H,3,10-11H2,1-2H3,(H,22,24)/p+1. The van der Waals surface area contributed by atoms with Crippen LogP contribution in [0.2, 0.25) is 15.1 Å². The van der Waals surface area contributed by atoms with Crippen LogP contribution in [-0.4, -0.2) is 19.5 Å². The summed E-state index contributed by atoms with van der Waals surface area (Å²) in [5, 5.41) is 3.84. The lowest BCUT2D eigenvalue weighted by Gasteiger charge is -2.15. The van der Waals surface area contributed by atoms with Crippen molar-refractivity contribution in [1.29, 1.82) is 0 Å². The van der Waals surface area contributed by atoms with Crippen molar-refractivity contribution in [3.8, 4) is 0 Å². The van der Waals surface area contributed by atoms with Gasteiger partial charge in [0.1, 0.15) is 6.54 Å². The molecule has 2 N–H and O–H groups in total. The number of hydrogen-bond donors (Lipinski definition) is 2. The molecule has 24 heavy (non-hydrogen) atoms. The Morgan fingerprint density at radius 3 is 2.12 bits per heavy atom. The second-order valence-electron chi connectivity index (χ2n) is 5.77. The minimum absolute atomic E-state index is 0.149. The van der Waals surface area contributed by atoms with Crippen LogP contribution in [0.25, 0.3) is 0 Å². The second-order valence-corrected chi connectivity index (χ2v) is 7.02. The highest BCUT2D eigenvalue weighted by Gasteiger charge is 2.15. The summed E-state index contributed by atoms with van der Waals surface area (Å²) in [6.07, 6.45) is 1.02. The maximum absolute atomic E-state index is 12.2. The predicted molar refractivity (Wildman–Crippen MR) is 101 cm³/mol. The number of amides is 1. The fraction of sp³-hybridized carbons (Fsp3) is 0.278. The van der Waals surface area contributed by atoms with Gasteiger partial charge in [-0.25, -0.2) is 0 Å². The first-order chi connectivity index (χ1) is 11.4. The summed E-state index contributed by atoms with van der Waals surface area (Å²) in [5.41, 5.74) is 2.90. The van der Waals surface area contributed by atoms with Gasteiger partial charge in [0.25, 0.3) is 5.91 Å². The molecule has 2 rings (SSSR count). The largest absolute Gasteiger partial charge is 0.326 e. The Balaban J connectivity index is 1.94. The van der Waals surface area contributed by atoms with Gasteiger partial charge in [-0.1, -0.05) is 66.0 Å². The molecule has 2 aromatic rings. The highest BCUT2D eigenvalue weighted by molar-refractivity contribution is 6.42. The quantitative estimate of drug-likeness (QED) is 0.776. The van der Waals surface area contributed by atoms with Crippen LogP contribution in [0, 0.1) is 0 Å². The molecule has 0 fully saturated rings. The summed E-state index contributed by atoms with van der Waals surface area (Å²) in [4.78, 5) is 13.3. The van der Waals surface area contributed by atoms with Crippen molar-refractivity contribution in [2.24, 2.45) is 0 Å². The lowest BCUT2D eigenvalue weighted by atomic mass is 10.1. The Labute approximate surface area is 157 Å². The smallest absolute Gasteiger partial charge is 0.279 e. The number of rotatable bonds is 6. The average molecular weight is 387 g/mol. The molecule has 0 aromatic heterocycles. The molecule has 128 valence electrons. The molecule has 6 heteroatoms. The fourth-order valence-electron chi connectivity index (χ4n) is 2.42. The molecule has 3 nitrogen and oxygen atoms in total. The van der Waals surface area contributed by atoms with Crippen molar-refractivity contribution in [1.82, 2.24) is 0 Å². The molecule has 2 aromatic carbocycles. The van der Waals surface area contributed by atoms with Gasteiger partial charge < -0.3 is 10.2 Å². The summed E-state index contributed by atoms with van der Waals surface area (Å²) >= 11 is 18.0. The summed E-state index contributed by atoms with van der Waals surface area (Å²) in [6.45, 7) is 3.20. The van der Waals surface area contributed by atoms with Crippen LogP contribution in [-0.2, 0) is 17.8 Å². The van der Waals surface area contributed by atoms with E-state index in [0.29, 0.717) is 27.3 Å². The van der Waals surface area contributed by atoms with Gasteiger partial charge in [0.2, 0.25) is 0 Å². The van der Waals surface area contributed by atoms with E-state index in [4.69, 9.17) is 34.8 Å². The Morgan fingerprint density at radius 1 is 1.04 bits per heavy atom. The number of hydrogen-bond acceptors (Lipinski definition) is 1. The summed E-state index contributed by atoms with van der Waals surface area (Å²) in [6, 6.07) is 11.6. The van der Waals surface area contributed by atoms with Crippen molar-refractivity contribution in [2.45, 2.75) is 19.9 Å². The van der Waals surface area contributed by atoms with Gasteiger partial charge in [0, 0.05) is 10.6 Å². The molecule has 1 atom stereocenters. The van der Waals surface area contributed by atoms with Crippen LogP contribution < -0.4 is 10.2 Å². The molecule has 1 amide bonds. The van der Waals surface area contributed by atoms with Gasteiger partial charge in [-0.3, -0.25) is 4.79 Å². The van der Waals surface area contributed by atoms with Crippen LogP contribution >= 0.6 is 34.8 Å². The van der Waals surface area contributed by atoms with Crippen molar-refractivity contribution < 1.29 is 9.69 Å². The molecule has 0 aliphatic carbocycles. The van der Waals surface area contributed by atoms with Gasteiger partial charge in [-0.05, 0) is 24.1 Å². The Hall–Kier alpha value is -1.26. The first kappa shape index (κ1) is 19.1. The highest BCUT2D eigenvalue weighted by Crippen LogP contribution is 2.33. The predicted octanol–water partition coefficient (Wildman–Crippen LogP) is 3.86. The van der Waals surface area contributed by atoms with Crippen molar-refractivity contribution in [2.75, 3.05) is 18.9 Å². The zero-order valence-electron chi connectivity index (χ0n) is 13.6. The SMILES string of the molecule is CCc1ccc(C[NH+](C)CC(=O)Nc2c(Cl)cc(Cl)cc2Cl)cc1. The Kier molecular flexibility index (Phi) is 6.93. The summed E-state index contributed by atoms with van der Waals surface area (Å²) in [7, 11) is 1.97. The molecule has 0 spiro atoms. The minimum Gasteiger partial charge on any atom is -0.326 e. The number of aryl methyl sites for hydroxylation is 1. The van der Waals surface area contributed by atoms with E-state index in [1.165, 1.54) is 11.1 Å². The second kappa shape index (κ2) is 8.72. The Morgan fingerprint density at radius 2 is 1.58 bits per heavy atom. The fourth-order valence-corrected chi connectivity index (χ4v) is 3.33. The normalized spacial score (nSPS) is 12.0. The van der Waals surface area contributed by atoms with E-state index in [2.05, 4.69) is 36.5 Å². The van der Waals surface area contributed by atoms with Gasteiger partial charge in [-0.15, -0.1) is 0 Å². The molecule has 0 bridgehead atoms.